The fourth-order valence-electron chi connectivity index (χ4n) is 2.71. The van der Waals surface area contributed by atoms with Crippen molar-refractivity contribution in [2.45, 2.75) is 45.6 Å². The Morgan fingerprint density at radius 3 is 2.30 bits per heavy atom. The van der Waals surface area contributed by atoms with Gasteiger partial charge in [0.25, 0.3) is 0 Å². The van der Waals surface area contributed by atoms with E-state index in [9.17, 15) is 0 Å². The van der Waals surface area contributed by atoms with Gasteiger partial charge in [-0.3, -0.25) is 0 Å². The van der Waals surface area contributed by atoms with Gasteiger partial charge < -0.3 is 10.1 Å². The smallest absolute Gasteiger partial charge is 0.0471 e. The maximum atomic E-state index is 5.58. The molecule has 112 valence electrons. The summed E-state index contributed by atoms with van der Waals surface area (Å²) in [5, 5.41) is 3.70. The minimum atomic E-state index is 0.172. The molecule has 0 atom stereocenters. The summed E-state index contributed by atoms with van der Waals surface area (Å²) >= 11 is 3.51. The van der Waals surface area contributed by atoms with Gasteiger partial charge in [-0.2, -0.15) is 0 Å². The quantitative estimate of drug-likeness (QED) is 0.888. The van der Waals surface area contributed by atoms with Crippen LogP contribution in [0.15, 0.2) is 28.7 Å². The zero-order valence-corrected chi connectivity index (χ0v) is 14.4. The Kier molecular flexibility index (Phi) is 5.27. The highest BCUT2D eigenvalue weighted by molar-refractivity contribution is 9.10. The Balaban J connectivity index is 2.08. The highest BCUT2D eigenvalue weighted by Gasteiger charge is 2.33. The molecular formula is C17H26BrNO. The molecule has 0 radical (unpaired) electrons. The molecule has 20 heavy (non-hydrogen) atoms. The summed E-state index contributed by atoms with van der Waals surface area (Å²) in [6.07, 6.45) is 3.42. The number of hydrogen-bond acceptors (Lipinski definition) is 2. The molecule has 0 unspecified atom stereocenters. The SMILES string of the molecule is CC(C)(C)NCC1(Cc2ccc(Br)cc2)CCOCC1. The molecule has 1 aliphatic heterocycles. The topological polar surface area (TPSA) is 21.3 Å². The Morgan fingerprint density at radius 2 is 1.75 bits per heavy atom. The third-order valence-electron chi connectivity index (χ3n) is 4.04. The third kappa shape index (κ3) is 4.87. The van der Waals surface area contributed by atoms with Gasteiger partial charge in [0.1, 0.15) is 0 Å². The Bertz CT molecular complexity index is 416. The number of nitrogens with one attached hydrogen (secondary N) is 1. The van der Waals surface area contributed by atoms with Crippen molar-refractivity contribution in [1.29, 1.82) is 0 Å². The largest absolute Gasteiger partial charge is 0.381 e. The lowest BCUT2D eigenvalue weighted by atomic mass is 9.74. The van der Waals surface area contributed by atoms with Gasteiger partial charge in [-0.25, -0.2) is 0 Å². The van der Waals surface area contributed by atoms with E-state index in [0.29, 0.717) is 5.41 Å². The maximum Gasteiger partial charge on any atom is 0.0471 e. The molecule has 0 aromatic heterocycles. The van der Waals surface area contributed by atoms with E-state index in [2.05, 4.69) is 66.3 Å². The lowest BCUT2D eigenvalue weighted by molar-refractivity contribution is 0.0121. The van der Waals surface area contributed by atoms with E-state index in [4.69, 9.17) is 4.74 Å². The monoisotopic (exact) mass is 339 g/mol. The lowest BCUT2D eigenvalue weighted by Gasteiger charge is -2.40. The van der Waals surface area contributed by atoms with Gasteiger partial charge >= 0.3 is 0 Å². The molecule has 1 aromatic rings. The molecule has 1 aromatic carbocycles. The summed E-state index contributed by atoms with van der Waals surface area (Å²) in [5.74, 6) is 0. The fraction of sp³-hybridized carbons (Fsp3) is 0.647. The highest BCUT2D eigenvalue weighted by atomic mass is 79.9. The maximum absolute atomic E-state index is 5.58. The summed E-state index contributed by atoms with van der Waals surface area (Å²) < 4.78 is 6.73. The number of rotatable bonds is 4. The summed E-state index contributed by atoms with van der Waals surface area (Å²) in [6.45, 7) is 9.56. The molecular weight excluding hydrogens is 314 g/mol. The van der Waals surface area contributed by atoms with Crippen LogP contribution in [0.5, 0.6) is 0 Å². The molecule has 1 saturated heterocycles. The summed E-state index contributed by atoms with van der Waals surface area (Å²) in [6, 6.07) is 8.75. The minimum Gasteiger partial charge on any atom is -0.381 e. The van der Waals surface area contributed by atoms with Crippen LogP contribution in [0.2, 0.25) is 0 Å². The minimum absolute atomic E-state index is 0.172. The predicted molar refractivity (Wildman–Crippen MR) is 88.1 cm³/mol. The molecule has 0 amide bonds. The Labute approximate surface area is 131 Å². The van der Waals surface area contributed by atoms with E-state index in [1.807, 2.05) is 0 Å². The standard InChI is InChI=1S/C17H26BrNO/c1-16(2,3)19-13-17(8-10-20-11-9-17)12-14-4-6-15(18)7-5-14/h4-7,19H,8-13H2,1-3H3. The van der Waals surface area contributed by atoms with Gasteiger partial charge in [-0.15, -0.1) is 0 Å². The zero-order valence-electron chi connectivity index (χ0n) is 12.8. The first-order valence-electron chi connectivity index (χ1n) is 7.46. The van der Waals surface area contributed by atoms with Crippen LogP contribution in [-0.4, -0.2) is 25.3 Å². The zero-order chi connectivity index (χ0) is 14.6. The van der Waals surface area contributed by atoms with Crippen LogP contribution in [0, 0.1) is 5.41 Å². The number of benzene rings is 1. The second kappa shape index (κ2) is 6.59. The van der Waals surface area contributed by atoms with Crippen LogP contribution in [0.1, 0.15) is 39.2 Å². The predicted octanol–water partition coefficient (Wildman–Crippen LogP) is 4.18. The van der Waals surface area contributed by atoms with E-state index in [0.717, 1.165) is 43.5 Å². The molecule has 0 bridgehead atoms. The van der Waals surface area contributed by atoms with E-state index in [-0.39, 0.29) is 5.54 Å². The van der Waals surface area contributed by atoms with Crippen molar-refractivity contribution in [3.63, 3.8) is 0 Å². The van der Waals surface area contributed by atoms with Crippen LogP contribution < -0.4 is 5.32 Å². The molecule has 2 rings (SSSR count). The van der Waals surface area contributed by atoms with Crippen molar-refractivity contribution in [2.75, 3.05) is 19.8 Å². The van der Waals surface area contributed by atoms with Crippen molar-refractivity contribution in [3.05, 3.63) is 34.3 Å². The summed E-state index contributed by atoms with van der Waals surface area (Å²) in [5.41, 5.74) is 1.93. The van der Waals surface area contributed by atoms with Gasteiger partial charge in [0.15, 0.2) is 0 Å². The van der Waals surface area contributed by atoms with Gasteiger partial charge in [0, 0.05) is 29.8 Å². The Hall–Kier alpha value is -0.380. The first-order valence-corrected chi connectivity index (χ1v) is 8.25. The Morgan fingerprint density at radius 1 is 1.15 bits per heavy atom. The average Bonchev–Trinajstić information content (AvgIpc) is 2.40. The van der Waals surface area contributed by atoms with E-state index >= 15 is 0 Å². The first kappa shape index (κ1) is 16.0. The molecule has 1 N–H and O–H groups in total. The van der Waals surface area contributed by atoms with Crippen molar-refractivity contribution in [3.8, 4) is 0 Å². The van der Waals surface area contributed by atoms with Crippen molar-refractivity contribution >= 4 is 15.9 Å². The van der Waals surface area contributed by atoms with Crippen LogP contribution in [-0.2, 0) is 11.2 Å². The van der Waals surface area contributed by atoms with E-state index in [1.54, 1.807) is 0 Å². The van der Waals surface area contributed by atoms with Gasteiger partial charge in [-0.1, -0.05) is 28.1 Å². The third-order valence-corrected chi connectivity index (χ3v) is 4.57. The number of halogens is 1. The second-order valence-electron chi connectivity index (χ2n) is 7.02. The molecule has 3 heteroatoms. The lowest BCUT2D eigenvalue weighted by Crippen LogP contribution is -2.47. The first-order chi connectivity index (χ1) is 9.39. The molecule has 0 spiro atoms. The number of ether oxygens (including phenoxy) is 1. The molecule has 1 heterocycles. The molecule has 0 saturated carbocycles. The molecule has 0 aliphatic carbocycles. The normalized spacial score (nSPS) is 19.0. The molecule has 1 aliphatic rings. The van der Waals surface area contributed by atoms with E-state index < -0.39 is 0 Å². The summed E-state index contributed by atoms with van der Waals surface area (Å²) in [4.78, 5) is 0. The van der Waals surface area contributed by atoms with E-state index in [1.165, 1.54) is 5.56 Å². The van der Waals surface area contributed by atoms with Gasteiger partial charge in [0.05, 0.1) is 0 Å². The van der Waals surface area contributed by atoms with Crippen LogP contribution in [0.4, 0.5) is 0 Å². The average molecular weight is 340 g/mol. The molecule has 1 fully saturated rings. The van der Waals surface area contributed by atoms with Gasteiger partial charge in [0.2, 0.25) is 0 Å². The summed E-state index contributed by atoms with van der Waals surface area (Å²) in [7, 11) is 0. The van der Waals surface area contributed by atoms with Crippen molar-refractivity contribution < 1.29 is 4.74 Å². The van der Waals surface area contributed by atoms with Crippen molar-refractivity contribution in [1.82, 2.24) is 5.32 Å². The van der Waals surface area contributed by atoms with Crippen LogP contribution >= 0.6 is 15.9 Å². The van der Waals surface area contributed by atoms with Crippen molar-refractivity contribution in [2.24, 2.45) is 5.41 Å². The molecule has 2 nitrogen and oxygen atoms in total. The fourth-order valence-corrected chi connectivity index (χ4v) is 2.97. The second-order valence-corrected chi connectivity index (χ2v) is 7.93. The van der Waals surface area contributed by atoms with Crippen LogP contribution in [0.3, 0.4) is 0 Å². The highest BCUT2D eigenvalue weighted by Crippen LogP contribution is 2.34. The number of hydrogen-bond donors (Lipinski definition) is 1. The van der Waals surface area contributed by atoms with Gasteiger partial charge in [-0.05, 0) is 63.1 Å². The van der Waals surface area contributed by atoms with Crippen LogP contribution in [0.25, 0.3) is 0 Å².